The molecule has 6 heteroatoms. The molecule has 0 radical (unpaired) electrons. The zero-order valence-electron chi connectivity index (χ0n) is 8.42. The van der Waals surface area contributed by atoms with Crippen molar-refractivity contribution in [1.29, 1.82) is 0 Å². The van der Waals surface area contributed by atoms with Gasteiger partial charge in [-0.1, -0.05) is 0 Å². The monoisotopic (exact) mass is 225 g/mol. The van der Waals surface area contributed by atoms with E-state index in [9.17, 15) is 18.0 Å². The van der Waals surface area contributed by atoms with Crippen molar-refractivity contribution in [3.8, 4) is 0 Å². The number of aliphatic carboxylic acids is 1. The van der Waals surface area contributed by atoms with Gasteiger partial charge in [0.1, 0.15) is 6.04 Å². The summed E-state index contributed by atoms with van der Waals surface area (Å²) in [5.74, 6) is -2.45. The molecule has 0 spiro atoms. The van der Waals surface area contributed by atoms with Crippen LogP contribution >= 0.6 is 0 Å². The van der Waals surface area contributed by atoms with E-state index in [0.717, 1.165) is 0 Å². The van der Waals surface area contributed by atoms with E-state index in [-0.39, 0.29) is 13.0 Å². The zero-order chi connectivity index (χ0) is 11.6. The molecule has 0 saturated carbocycles. The third-order valence-corrected chi connectivity index (χ3v) is 2.82. The van der Waals surface area contributed by atoms with Gasteiger partial charge in [0.15, 0.2) is 0 Å². The number of carbonyl (C=O) groups is 1. The summed E-state index contributed by atoms with van der Waals surface area (Å²) in [6.45, 7) is 1.65. The number of hydrogen-bond donors (Lipinski definition) is 1. The summed E-state index contributed by atoms with van der Waals surface area (Å²) in [5.41, 5.74) is 0. The summed E-state index contributed by atoms with van der Waals surface area (Å²) < 4.78 is 37.2. The molecule has 1 N–H and O–H groups in total. The highest BCUT2D eigenvalue weighted by Gasteiger charge is 2.43. The van der Waals surface area contributed by atoms with Crippen molar-refractivity contribution in [2.45, 2.75) is 32.0 Å². The lowest BCUT2D eigenvalue weighted by molar-refractivity contribution is -0.190. The Kier molecular flexibility index (Phi) is 3.59. The van der Waals surface area contributed by atoms with Crippen LogP contribution in [-0.4, -0.2) is 41.3 Å². The van der Waals surface area contributed by atoms with Gasteiger partial charge in [-0.25, -0.2) is 0 Å². The number of hydrogen-bond acceptors (Lipinski definition) is 2. The molecule has 2 atom stereocenters. The van der Waals surface area contributed by atoms with E-state index in [2.05, 4.69) is 0 Å². The minimum Gasteiger partial charge on any atom is -0.480 e. The van der Waals surface area contributed by atoms with Gasteiger partial charge in [0.2, 0.25) is 0 Å². The van der Waals surface area contributed by atoms with Crippen LogP contribution in [0.3, 0.4) is 0 Å². The molecule has 0 unspecified atom stereocenters. The van der Waals surface area contributed by atoms with Crippen LogP contribution in [0.4, 0.5) is 13.2 Å². The number of nitrogens with zero attached hydrogens (tertiary/aromatic N) is 1. The highest BCUT2D eigenvalue weighted by molar-refractivity contribution is 5.72. The van der Waals surface area contributed by atoms with Crippen LogP contribution in [0.1, 0.15) is 19.8 Å². The molecular formula is C9H14F3NO2. The van der Waals surface area contributed by atoms with Gasteiger partial charge in [0.05, 0.1) is 5.92 Å². The highest BCUT2D eigenvalue weighted by Crippen LogP contribution is 2.33. The van der Waals surface area contributed by atoms with Gasteiger partial charge in [-0.15, -0.1) is 0 Å². The lowest BCUT2D eigenvalue weighted by Crippen LogP contribution is -2.48. The number of carboxylic acids is 1. The molecule has 15 heavy (non-hydrogen) atoms. The molecule has 1 fully saturated rings. The molecule has 3 nitrogen and oxygen atoms in total. The SMILES string of the molecule is C[C@@H](C(=O)O)N1CCC[C@H](C(F)(F)F)C1. The van der Waals surface area contributed by atoms with Crippen molar-refractivity contribution >= 4 is 5.97 Å². The summed E-state index contributed by atoms with van der Waals surface area (Å²) in [6.07, 6.45) is -3.70. The Labute approximate surface area is 85.9 Å². The van der Waals surface area contributed by atoms with Crippen molar-refractivity contribution in [2.75, 3.05) is 13.1 Å². The van der Waals surface area contributed by atoms with Crippen molar-refractivity contribution in [3.05, 3.63) is 0 Å². The Morgan fingerprint density at radius 2 is 2.13 bits per heavy atom. The van der Waals surface area contributed by atoms with Gasteiger partial charge >= 0.3 is 12.1 Å². The van der Waals surface area contributed by atoms with Gasteiger partial charge < -0.3 is 5.11 Å². The normalized spacial score (nSPS) is 26.3. The van der Waals surface area contributed by atoms with Crippen molar-refractivity contribution in [3.63, 3.8) is 0 Å². The molecule has 0 amide bonds. The molecular weight excluding hydrogens is 211 g/mol. The molecule has 0 aliphatic carbocycles. The second kappa shape index (κ2) is 4.38. The van der Waals surface area contributed by atoms with E-state index in [1.807, 2.05) is 0 Å². The number of alkyl halides is 3. The van der Waals surface area contributed by atoms with Gasteiger partial charge in [-0.3, -0.25) is 9.69 Å². The second-order valence-electron chi connectivity index (χ2n) is 3.89. The Morgan fingerprint density at radius 1 is 1.53 bits per heavy atom. The van der Waals surface area contributed by atoms with E-state index in [0.29, 0.717) is 13.0 Å². The van der Waals surface area contributed by atoms with E-state index < -0.39 is 24.1 Å². The maximum absolute atomic E-state index is 12.4. The Morgan fingerprint density at radius 3 is 2.60 bits per heavy atom. The second-order valence-corrected chi connectivity index (χ2v) is 3.89. The molecule has 1 aliphatic heterocycles. The van der Waals surface area contributed by atoms with E-state index in [1.165, 1.54) is 11.8 Å². The quantitative estimate of drug-likeness (QED) is 0.778. The molecule has 0 bridgehead atoms. The predicted molar refractivity (Wildman–Crippen MR) is 47.4 cm³/mol. The Hall–Kier alpha value is -0.780. The van der Waals surface area contributed by atoms with Crippen molar-refractivity contribution < 1.29 is 23.1 Å². The largest absolute Gasteiger partial charge is 0.480 e. The summed E-state index contributed by atoms with van der Waals surface area (Å²) in [5, 5.41) is 8.70. The first-order valence-corrected chi connectivity index (χ1v) is 4.86. The number of carboxylic acid groups (broad SMARTS) is 1. The van der Waals surface area contributed by atoms with Crippen LogP contribution in [0.5, 0.6) is 0 Å². The lowest BCUT2D eigenvalue weighted by atomic mass is 9.96. The fourth-order valence-electron chi connectivity index (χ4n) is 1.78. The minimum atomic E-state index is -4.21. The third-order valence-electron chi connectivity index (χ3n) is 2.82. The topological polar surface area (TPSA) is 40.5 Å². The molecule has 0 aromatic rings. The summed E-state index contributed by atoms with van der Waals surface area (Å²) in [4.78, 5) is 12.0. The predicted octanol–water partition coefficient (Wildman–Crippen LogP) is 1.73. The lowest BCUT2D eigenvalue weighted by Gasteiger charge is -2.35. The molecule has 1 aliphatic rings. The number of halogens is 3. The molecule has 0 aromatic carbocycles. The number of likely N-dealkylation sites (tertiary alicyclic amines) is 1. The van der Waals surface area contributed by atoms with Gasteiger partial charge in [-0.2, -0.15) is 13.2 Å². The van der Waals surface area contributed by atoms with Crippen LogP contribution in [-0.2, 0) is 4.79 Å². The fourth-order valence-corrected chi connectivity index (χ4v) is 1.78. The van der Waals surface area contributed by atoms with Crippen LogP contribution in [0.15, 0.2) is 0 Å². The molecule has 0 aromatic heterocycles. The molecule has 1 heterocycles. The van der Waals surface area contributed by atoms with Crippen LogP contribution in [0.2, 0.25) is 0 Å². The van der Waals surface area contributed by atoms with Crippen molar-refractivity contribution in [2.24, 2.45) is 5.92 Å². The maximum atomic E-state index is 12.4. The first kappa shape index (κ1) is 12.3. The summed E-state index contributed by atoms with van der Waals surface area (Å²) in [7, 11) is 0. The number of rotatable bonds is 2. The van der Waals surface area contributed by atoms with Crippen LogP contribution < -0.4 is 0 Å². The summed E-state index contributed by atoms with van der Waals surface area (Å²) in [6, 6.07) is -0.838. The van der Waals surface area contributed by atoms with E-state index >= 15 is 0 Å². The first-order valence-electron chi connectivity index (χ1n) is 4.86. The average molecular weight is 225 g/mol. The van der Waals surface area contributed by atoms with E-state index in [4.69, 9.17) is 5.11 Å². The van der Waals surface area contributed by atoms with Crippen LogP contribution in [0.25, 0.3) is 0 Å². The highest BCUT2D eigenvalue weighted by atomic mass is 19.4. The fraction of sp³-hybridized carbons (Fsp3) is 0.889. The van der Waals surface area contributed by atoms with Crippen molar-refractivity contribution in [1.82, 2.24) is 4.90 Å². The first-order chi connectivity index (χ1) is 6.82. The molecule has 88 valence electrons. The van der Waals surface area contributed by atoms with Gasteiger partial charge in [0.25, 0.3) is 0 Å². The minimum absolute atomic E-state index is 0.104. The number of piperidine rings is 1. The smallest absolute Gasteiger partial charge is 0.393 e. The zero-order valence-corrected chi connectivity index (χ0v) is 8.42. The Balaban J connectivity index is 2.60. The molecule has 1 saturated heterocycles. The van der Waals surface area contributed by atoms with Crippen LogP contribution in [0, 0.1) is 5.92 Å². The van der Waals surface area contributed by atoms with E-state index in [1.54, 1.807) is 0 Å². The molecule has 1 rings (SSSR count). The average Bonchev–Trinajstić information content (AvgIpc) is 2.15. The van der Waals surface area contributed by atoms with Gasteiger partial charge in [-0.05, 0) is 26.3 Å². The third kappa shape index (κ3) is 3.09. The maximum Gasteiger partial charge on any atom is 0.393 e. The summed E-state index contributed by atoms with van der Waals surface area (Å²) >= 11 is 0. The standard InChI is InChI=1S/C9H14F3NO2/c1-6(8(14)15)13-4-2-3-7(5-13)9(10,11)12/h6-7H,2-5H2,1H3,(H,14,15)/t6-,7-/m0/s1. The Bertz CT molecular complexity index is 242. The van der Waals surface area contributed by atoms with Gasteiger partial charge in [0, 0.05) is 6.54 Å².